The third-order valence-corrected chi connectivity index (χ3v) is 4.20. The van der Waals surface area contributed by atoms with Crippen molar-refractivity contribution in [1.82, 2.24) is 0 Å². The van der Waals surface area contributed by atoms with Crippen LogP contribution in [0.25, 0.3) is 5.57 Å². The van der Waals surface area contributed by atoms with E-state index < -0.39 is 11.7 Å². The van der Waals surface area contributed by atoms with Crippen LogP contribution in [0.1, 0.15) is 35.1 Å². The summed E-state index contributed by atoms with van der Waals surface area (Å²) in [5.41, 5.74) is 3.17. The van der Waals surface area contributed by atoms with Crippen molar-refractivity contribution in [1.29, 1.82) is 0 Å². The Balaban J connectivity index is 1.99. The van der Waals surface area contributed by atoms with Gasteiger partial charge in [0.1, 0.15) is 0 Å². The molecule has 1 fully saturated rings. The van der Waals surface area contributed by atoms with Crippen molar-refractivity contribution >= 4 is 5.57 Å². The Kier molecular flexibility index (Phi) is 4.76. The molecule has 0 saturated carbocycles. The SMILES string of the molecule is Cc1ccc(/C(=C/C2CCCO2)c2ccc(C(F)(F)F)cc2)cc1. The monoisotopic (exact) mass is 332 g/mol. The molecule has 0 aromatic heterocycles. The second-order valence-electron chi connectivity index (χ2n) is 6.07. The van der Waals surface area contributed by atoms with Crippen molar-refractivity contribution < 1.29 is 17.9 Å². The van der Waals surface area contributed by atoms with Crippen LogP contribution in [-0.2, 0) is 10.9 Å². The summed E-state index contributed by atoms with van der Waals surface area (Å²) in [5.74, 6) is 0. The average molecular weight is 332 g/mol. The molecule has 0 aliphatic carbocycles. The van der Waals surface area contributed by atoms with E-state index in [2.05, 4.69) is 0 Å². The van der Waals surface area contributed by atoms with E-state index in [1.165, 1.54) is 12.1 Å². The molecule has 1 saturated heterocycles. The molecule has 0 amide bonds. The maximum atomic E-state index is 12.8. The molecule has 0 radical (unpaired) electrons. The van der Waals surface area contributed by atoms with Gasteiger partial charge in [-0.25, -0.2) is 0 Å². The fraction of sp³-hybridized carbons (Fsp3) is 0.300. The van der Waals surface area contributed by atoms with E-state index in [0.29, 0.717) is 0 Å². The molecular weight excluding hydrogens is 313 g/mol. The summed E-state index contributed by atoms with van der Waals surface area (Å²) in [4.78, 5) is 0. The molecule has 1 atom stereocenters. The summed E-state index contributed by atoms with van der Waals surface area (Å²) in [6.07, 6.45) is -0.324. The topological polar surface area (TPSA) is 9.23 Å². The number of hydrogen-bond acceptors (Lipinski definition) is 1. The third-order valence-electron chi connectivity index (χ3n) is 4.20. The van der Waals surface area contributed by atoms with E-state index in [0.717, 1.165) is 53.8 Å². The van der Waals surface area contributed by atoms with Gasteiger partial charge in [0, 0.05) is 6.61 Å². The first-order valence-electron chi connectivity index (χ1n) is 8.01. The van der Waals surface area contributed by atoms with E-state index in [-0.39, 0.29) is 6.10 Å². The minimum atomic E-state index is -4.32. The Morgan fingerprint density at radius 1 is 1.00 bits per heavy atom. The fourth-order valence-electron chi connectivity index (χ4n) is 2.85. The highest BCUT2D eigenvalue weighted by Gasteiger charge is 2.30. The predicted molar refractivity (Wildman–Crippen MR) is 88.7 cm³/mol. The second-order valence-corrected chi connectivity index (χ2v) is 6.07. The lowest BCUT2D eigenvalue weighted by molar-refractivity contribution is -0.137. The number of alkyl halides is 3. The smallest absolute Gasteiger partial charge is 0.374 e. The number of benzene rings is 2. The van der Waals surface area contributed by atoms with E-state index in [4.69, 9.17) is 4.74 Å². The van der Waals surface area contributed by atoms with Gasteiger partial charge in [0.2, 0.25) is 0 Å². The molecule has 0 bridgehead atoms. The van der Waals surface area contributed by atoms with E-state index in [1.54, 1.807) is 0 Å². The lowest BCUT2D eigenvalue weighted by Crippen LogP contribution is -2.05. The minimum absolute atomic E-state index is 0.0172. The standard InChI is InChI=1S/C20H19F3O/c1-14-4-6-15(7-5-14)19(13-18-3-2-12-24-18)16-8-10-17(11-9-16)20(21,22)23/h4-11,13,18H,2-3,12H2,1H3/b19-13-. The van der Waals surface area contributed by atoms with Crippen LogP contribution in [0.15, 0.2) is 54.6 Å². The Bertz CT molecular complexity index is 706. The van der Waals surface area contributed by atoms with Gasteiger partial charge in [-0.1, -0.05) is 42.0 Å². The van der Waals surface area contributed by atoms with Gasteiger partial charge in [-0.2, -0.15) is 13.2 Å². The van der Waals surface area contributed by atoms with Gasteiger partial charge >= 0.3 is 6.18 Å². The van der Waals surface area contributed by atoms with Crippen LogP contribution in [0.3, 0.4) is 0 Å². The fourth-order valence-corrected chi connectivity index (χ4v) is 2.85. The van der Waals surface area contributed by atoms with E-state index in [9.17, 15) is 13.2 Å². The zero-order valence-electron chi connectivity index (χ0n) is 13.4. The first-order valence-corrected chi connectivity index (χ1v) is 8.01. The Hall–Kier alpha value is -2.07. The number of hydrogen-bond donors (Lipinski definition) is 0. The number of halogens is 3. The lowest BCUT2D eigenvalue weighted by Gasteiger charge is -2.14. The van der Waals surface area contributed by atoms with Gasteiger partial charge in [-0.05, 0) is 54.7 Å². The first kappa shape index (κ1) is 16.8. The van der Waals surface area contributed by atoms with Crippen molar-refractivity contribution in [3.8, 4) is 0 Å². The van der Waals surface area contributed by atoms with E-state index in [1.807, 2.05) is 37.3 Å². The zero-order valence-corrected chi connectivity index (χ0v) is 13.4. The van der Waals surface area contributed by atoms with Crippen molar-refractivity contribution in [2.24, 2.45) is 0 Å². The van der Waals surface area contributed by atoms with Gasteiger partial charge < -0.3 is 4.74 Å². The first-order chi connectivity index (χ1) is 11.4. The molecule has 3 rings (SSSR count). The second kappa shape index (κ2) is 6.81. The van der Waals surface area contributed by atoms with Crippen LogP contribution < -0.4 is 0 Å². The van der Waals surface area contributed by atoms with E-state index >= 15 is 0 Å². The van der Waals surface area contributed by atoms with Gasteiger partial charge in [0.15, 0.2) is 0 Å². The summed E-state index contributed by atoms with van der Waals surface area (Å²) >= 11 is 0. The Morgan fingerprint density at radius 3 is 2.08 bits per heavy atom. The number of rotatable bonds is 3. The van der Waals surface area contributed by atoms with Crippen LogP contribution in [0.4, 0.5) is 13.2 Å². The average Bonchev–Trinajstić information content (AvgIpc) is 3.06. The van der Waals surface area contributed by atoms with Crippen LogP contribution >= 0.6 is 0 Å². The summed E-state index contributed by atoms with van der Waals surface area (Å²) in [6.45, 7) is 2.74. The van der Waals surface area contributed by atoms with Crippen LogP contribution in [0.5, 0.6) is 0 Å². The zero-order chi connectivity index (χ0) is 17.2. The Morgan fingerprint density at radius 2 is 1.58 bits per heavy atom. The van der Waals surface area contributed by atoms with Crippen LogP contribution in [0.2, 0.25) is 0 Å². The lowest BCUT2D eigenvalue weighted by atomic mass is 9.94. The molecule has 0 spiro atoms. The highest BCUT2D eigenvalue weighted by Crippen LogP contribution is 2.32. The molecule has 1 heterocycles. The predicted octanol–water partition coefficient (Wildman–Crippen LogP) is 5.62. The maximum Gasteiger partial charge on any atom is 0.416 e. The summed E-state index contributed by atoms with van der Waals surface area (Å²) < 4.78 is 44.0. The highest BCUT2D eigenvalue weighted by molar-refractivity contribution is 5.80. The maximum absolute atomic E-state index is 12.8. The largest absolute Gasteiger partial charge is 0.416 e. The number of ether oxygens (including phenoxy) is 1. The molecule has 2 aromatic carbocycles. The molecular formula is C20H19F3O. The van der Waals surface area contributed by atoms with Gasteiger partial charge in [0.25, 0.3) is 0 Å². The number of aryl methyl sites for hydroxylation is 1. The van der Waals surface area contributed by atoms with Crippen molar-refractivity contribution in [3.05, 3.63) is 76.9 Å². The third kappa shape index (κ3) is 3.88. The molecule has 1 aliphatic rings. The minimum Gasteiger partial charge on any atom is -0.374 e. The Labute approximate surface area is 139 Å². The van der Waals surface area contributed by atoms with Crippen LogP contribution in [0, 0.1) is 6.92 Å². The van der Waals surface area contributed by atoms with Gasteiger partial charge in [-0.3, -0.25) is 0 Å². The molecule has 24 heavy (non-hydrogen) atoms. The van der Waals surface area contributed by atoms with Gasteiger partial charge in [0.05, 0.1) is 11.7 Å². The van der Waals surface area contributed by atoms with Crippen molar-refractivity contribution in [3.63, 3.8) is 0 Å². The molecule has 1 nitrogen and oxygen atoms in total. The quantitative estimate of drug-likeness (QED) is 0.708. The van der Waals surface area contributed by atoms with Crippen molar-refractivity contribution in [2.45, 2.75) is 32.0 Å². The summed E-state index contributed by atoms with van der Waals surface area (Å²) in [5, 5.41) is 0. The summed E-state index contributed by atoms with van der Waals surface area (Å²) in [7, 11) is 0. The van der Waals surface area contributed by atoms with Crippen LogP contribution in [-0.4, -0.2) is 12.7 Å². The molecule has 2 aromatic rings. The molecule has 1 aliphatic heterocycles. The molecule has 0 N–H and O–H groups in total. The highest BCUT2D eigenvalue weighted by atomic mass is 19.4. The molecule has 4 heteroatoms. The van der Waals surface area contributed by atoms with Gasteiger partial charge in [-0.15, -0.1) is 0 Å². The molecule has 1 unspecified atom stereocenters. The summed E-state index contributed by atoms with van der Waals surface area (Å²) in [6, 6.07) is 13.3. The van der Waals surface area contributed by atoms with Crippen molar-refractivity contribution in [2.75, 3.05) is 6.61 Å². The normalized spacial score (nSPS) is 18.8. The molecule has 126 valence electrons.